The second-order valence-electron chi connectivity index (χ2n) is 10.0. The number of aromatic amines is 1. The van der Waals surface area contributed by atoms with Crippen molar-refractivity contribution < 1.29 is 4.74 Å². The molecule has 0 aliphatic rings. The summed E-state index contributed by atoms with van der Waals surface area (Å²) in [6.07, 6.45) is 0.777. The van der Waals surface area contributed by atoms with E-state index in [1.54, 1.807) is 7.11 Å². The van der Waals surface area contributed by atoms with Crippen LogP contribution in [0.3, 0.4) is 0 Å². The molecule has 0 saturated carbocycles. The van der Waals surface area contributed by atoms with Gasteiger partial charge in [0.15, 0.2) is 5.82 Å². The van der Waals surface area contributed by atoms with Crippen LogP contribution in [0.4, 0.5) is 0 Å². The Morgan fingerprint density at radius 2 is 1.69 bits per heavy atom. The minimum atomic E-state index is -0.103. The van der Waals surface area contributed by atoms with Crippen LogP contribution >= 0.6 is 0 Å². The van der Waals surface area contributed by atoms with E-state index in [2.05, 4.69) is 64.4 Å². The predicted molar refractivity (Wildman–Crippen MR) is 153 cm³/mol. The first-order valence-corrected chi connectivity index (χ1v) is 13.2. The number of hydrogen-bond acceptors (Lipinski definition) is 6. The van der Waals surface area contributed by atoms with Crippen molar-refractivity contribution in [3.05, 3.63) is 117 Å². The minimum Gasteiger partial charge on any atom is -0.497 e. The molecule has 3 aromatic carbocycles. The molecule has 200 valence electrons. The fourth-order valence-electron chi connectivity index (χ4n) is 5.02. The van der Waals surface area contributed by atoms with Gasteiger partial charge in [-0.1, -0.05) is 49.4 Å². The molecule has 0 bridgehead atoms. The Morgan fingerprint density at radius 1 is 0.949 bits per heavy atom. The summed E-state index contributed by atoms with van der Waals surface area (Å²) in [6, 6.07) is 24.3. The Balaban J connectivity index is 1.50. The van der Waals surface area contributed by atoms with Gasteiger partial charge in [0.2, 0.25) is 0 Å². The molecule has 0 spiro atoms. The second kappa shape index (κ2) is 11.6. The van der Waals surface area contributed by atoms with E-state index in [9.17, 15) is 4.79 Å². The van der Waals surface area contributed by atoms with Crippen LogP contribution in [0.2, 0.25) is 0 Å². The van der Waals surface area contributed by atoms with Crippen LogP contribution in [0, 0.1) is 13.8 Å². The van der Waals surface area contributed by atoms with E-state index >= 15 is 0 Å². The number of aromatic nitrogens is 5. The van der Waals surface area contributed by atoms with Crippen LogP contribution in [-0.4, -0.2) is 37.2 Å². The SMILES string of the molecule is CC[C@@H](c1nnnn1Cc1ccc(OC)cc1)N(Cc1ccccc1)Cc1cc2cc(C)c(C)cc2[nH]c1=O. The van der Waals surface area contributed by atoms with Gasteiger partial charge in [0.1, 0.15) is 5.75 Å². The number of ether oxygens (including phenoxy) is 1. The number of tetrazole rings is 1. The summed E-state index contributed by atoms with van der Waals surface area (Å²) in [5.41, 5.74) is 6.10. The molecule has 8 nitrogen and oxygen atoms in total. The Morgan fingerprint density at radius 3 is 2.41 bits per heavy atom. The van der Waals surface area contributed by atoms with E-state index in [1.807, 2.05) is 59.3 Å². The number of nitrogens with one attached hydrogen (secondary N) is 1. The van der Waals surface area contributed by atoms with Gasteiger partial charge in [0.05, 0.1) is 19.7 Å². The number of benzene rings is 3. The number of fused-ring (bicyclic) bond motifs is 1. The molecule has 1 atom stereocenters. The maximum Gasteiger partial charge on any atom is 0.252 e. The van der Waals surface area contributed by atoms with Crippen LogP contribution < -0.4 is 10.3 Å². The smallest absolute Gasteiger partial charge is 0.252 e. The van der Waals surface area contributed by atoms with Gasteiger partial charge in [-0.3, -0.25) is 9.69 Å². The fourth-order valence-corrected chi connectivity index (χ4v) is 5.02. The number of nitrogens with zero attached hydrogens (tertiary/aromatic N) is 5. The molecular weight excluding hydrogens is 488 g/mol. The average Bonchev–Trinajstić information content (AvgIpc) is 3.39. The van der Waals surface area contributed by atoms with E-state index in [-0.39, 0.29) is 11.6 Å². The Kier molecular flexibility index (Phi) is 7.84. The summed E-state index contributed by atoms with van der Waals surface area (Å²) in [7, 11) is 1.66. The number of pyridine rings is 1. The number of rotatable bonds is 10. The van der Waals surface area contributed by atoms with Crippen molar-refractivity contribution in [1.82, 2.24) is 30.1 Å². The third kappa shape index (κ3) is 5.91. The molecule has 5 rings (SSSR count). The van der Waals surface area contributed by atoms with Crippen molar-refractivity contribution >= 4 is 10.9 Å². The standard InChI is InChI=1S/C31H34N6O2/c1-5-29(30-33-34-35-37(30)19-24-11-13-27(39-4)14-12-24)36(18-23-9-7-6-8-10-23)20-26-17-25-15-21(2)22(3)16-28(25)32-31(26)38/h6-17,29H,5,18-20H2,1-4H3,(H,32,38)/t29-/m0/s1. The van der Waals surface area contributed by atoms with Gasteiger partial charge in [-0.2, -0.15) is 0 Å². The molecule has 8 heteroatoms. The summed E-state index contributed by atoms with van der Waals surface area (Å²) >= 11 is 0. The first-order chi connectivity index (χ1) is 18.9. The molecule has 0 fully saturated rings. The molecule has 1 N–H and O–H groups in total. The van der Waals surface area contributed by atoms with Gasteiger partial charge in [0, 0.05) is 24.2 Å². The van der Waals surface area contributed by atoms with Crippen molar-refractivity contribution in [2.45, 2.75) is 52.9 Å². The van der Waals surface area contributed by atoms with E-state index in [0.717, 1.165) is 45.6 Å². The summed E-state index contributed by atoms with van der Waals surface area (Å²) in [6.45, 7) is 7.94. The van der Waals surface area contributed by atoms with Crippen LogP contribution in [0.25, 0.3) is 10.9 Å². The van der Waals surface area contributed by atoms with Crippen molar-refractivity contribution in [3.63, 3.8) is 0 Å². The largest absolute Gasteiger partial charge is 0.497 e. The topological polar surface area (TPSA) is 88.9 Å². The fraction of sp³-hybridized carbons (Fsp3) is 0.290. The summed E-state index contributed by atoms with van der Waals surface area (Å²) in [5.74, 6) is 1.58. The Labute approximate surface area is 228 Å². The molecule has 5 aromatic rings. The van der Waals surface area contributed by atoms with Crippen molar-refractivity contribution in [1.29, 1.82) is 0 Å². The molecule has 39 heavy (non-hydrogen) atoms. The van der Waals surface area contributed by atoms with Crippen molar-refractivity contribution in [2.24, 2.45) is 0 Å². The maximum absolute atomic E-state index is 13.2. The maximum atomic E-state index is 13.2. The van der Waals surface area contributed by atoms with Gasteiger partial charge in [-0.25, -0.2) is 4.68 Å². The highest BCUT2D eigenvalue weighted by atomic mass is 16.5. The highest BCUT2D eigenvalue weighted by Crippen LogP contribution is 2.27. The van der Waals surface area contributed by atoms with Gasteiger partial charge >= 0.3 is 0 Å². The van der Waals surface area contributed by atoms with Crippen molar-refractivity contribution in [2.75, 3.05) is 7.11 Å². The number of aryl methyl sites for hydroxylation is 2. The van der Waals surface area contributed by atoms with Gasteiger partial charge < -0.3 is 9.72 Å². The summed E-state index contributed by atoms with van der Waals surface area (Å²) in [4.78, 5) is 18.6. The molecule has 0 amide bonds. The Bertz CT molecular complexity index is 1610. The molecule has 0 aliphatic carbocycles. The van der Waals surface area contributed by atoms with E-state index in [4.69, 9.17) is 4.74 Å². The highest BCUT2D eigenvalue weighted by Gasteiger charge is 2.26. The lowest BCUT2D eigenvalue weighted by atomic mass is 10.0. The summed E-state index contributed by atoms with van der Waals surface area (Å²) in [5, 5.41) is 13.9. The molecule has 0 saturated heterocycles. The van der Waals surface area contributed by atoms with Gasteiger partial charge in [0.25, 0.3) is 5.56 Å². The van der Waals surface area contributed by atoms with Crippen LogP contribution in [-0.2, 0) is 19.6 Å². The molecule has 0 radical (unpaired) electrons. The number of H-pyrrole nitrogens is 1. The zero-order chi connectivity index (χ0) is 27.4. The molecule has 2 aromatic heterocycles. The van der Waals surface area contributed by atoms with Crippen LogP contribution in [0.5, 0.6) is 5.75 Å². The van der Waals surface area contributed by atoms with Gasteiger partial charge in [-0.05, 0) is 88.7 Å². The highest BCUT2D eigenvalue weighted by molar-refractivity contribution is 5.80. The van der Waals surface area contributed by atoms with E-state index in [0.29, 0.717) is 25.2 Å². The molecule has 2 heterocycles. The monoisotopic (exact) mass is 522 g/mol. The van der Waals surface area contributed by atoms with E-state index < -0.39 is 0 Å². The second-order valence-corrected chi connectivity index (χ2v) is 10.0. The third-order valence-corrected chi connectivity index (χ3v) is 7.31. The van der Waals surface area contributed by atoms with Crippen molar-refractivity contribution in [3.8, 4) is 5.75 Å². The van der Waals surface area contributed by atoms with Crippen LogP contribution in [0.1, 0.15) is 53.0 Å². The van der Waals surface area contributed by atoms with Crippen LogP contribution in [0.15, 0.2) is 77.6 Å². The zero-order valence-electron chi connectivity index (χ0n) is 22.9. The normalized spacial score (nSPS) is 12.2. The molecule has 0 unspecified atom stereocenters. The third-order valence-electron chi connectivity index (χ3n) is 7.31. The average molecular weight is 523 g/mol. The molecule has 0 aliphatic heterocycles. The zero-order valence-corrected chi connectivity index (χ0v) is 22.9. The lowest BCUT2D eigenvalue weighted by Gasteiger charge is -2.30. The first-order valence-electron chi connectivity index (χ1n) is 13.2. The van der Waals surface area contributed by atoms with Gasteiger partial charge in [-0.15, -0.1) is 5.10 Å². The first kappa shape index (κ1) is 26.3. The Hall–Kier alpha value is -4.30. The quantitative estimate of drug-likeness (QED) is 0.266. The number of hydrogen-bond donors (Lipinski definition) is 1. The number of methoxy groups -OCH3 is 1. The minimum absolute atomic E-state index is 0.0727. The predicted octanol–water partition coefficient (Wildman–Crippen LogP) is 5.34. The van der Waals surface area contributed by atoms with E-state index in [1.165, 1.54) is 5.56 Å². The molecular formula is C31H34N6O2. The summed E-state index contributed by atoms with van der Waals surface area (Å²) < 4.78 is 7.15. The lowest BCUT2D eigenvalue weighted by Crippen LogP contribution is -2.32. The lowest BCUT2D eigenvalue weighted by molar-refractivity contribution is 0.161.